The fourth-order valence-electron chi connectivity index (χ4n) is 7.29. The van der Waals surface area contributed by atoms with Crippen LogP contribution in [-0.2, 0) is 9.53 Å². The van der Waals surface area contributed by atoms with Crippen LogP contribution in [0.25, 0.3) is 0 Å². The number of hydrogen-bond acceptors (Lipinski definition) is 5. The zero-order valence-corrected chi connectivity index (χ0v) is 17.0. The number of aliphatic hydroxyl groups excluding tert-OH is 2. The zero-order valence-electron chi connectivity index (χ0n) is 17.0. The van der Waals surface area contributed by atoms with Gasteiger partial charge >= 0.3 is 5.97 Å². The third kappa shape index (κ3) is 2.47. The van der Waals surface area contributed by atoms with E-state index >= 15 is 0 Å². The van der Waals surface area contributed by atoms with E-state index in [4.69, 9.17) is 11.2 Å². The highest BCUT2D eigenvalue weighted by Crippen LogP contribution is 2.67. The molecule has 28 heavy (non-hydrogen) atoms. The van der Waals surface area contributed by atoms with Crippen LogP contribution >= 0.6 is 0 Å². The normalized spacial score (nSPS) is 52.5. The Morgan fingerprint density at radius 1 is 1.32 bits per heavy atom. The predicted molar refractivity (Wildman–Crippen MR) is 104 cm³/mol. The first-order valence-electron chi connectivity index (χ1n) is 10.5. The van der Waals surface area contributed by atoms with Crippen molar-refractivity contribution < 1.29 is 24.9 Å². The lowest BCUT2D eigenvalue weighted by molar-refractivity contribution is -0.159. The summed E-state index contributed by atoms with van der Waals surface area (Å²) in [5, 5.41) is 32.4. The highest BCUT2D eigenvalue weighted by atomic mass is 16.6. The van der Waals surface area contributed by atoms with Gasteiger partial charge in [0, 0.05) is 18.8 Å². The number of esters is 1. The van der Waals surface area contributed by atoms with Crippen molar-refractivity contribution >= 4 is 5.97 Å². The molecule has 0 bridgehead atoms. The SMILES string of the molecule is C#C[C@]1(O)[C@H](O)C[C@H]2[C@@H]3CC=C4C[C@@H](OC(C)=O)[C@H](O)C[C@]4(C)[C@H]3CC[C@@]21C. The Balaban J connectivity index is 1.66. The smallest absolute Gasteiger partial charge is 0.303 e. The summed E-state index contributed by atoms with van der Waals surface area (Å²) in [7, 11) is 0. The molecule has 0 aromatic rings. The maximum atomic E-state index is 11.4. The molecular weight excluding hydrogens is 356 g/mol. The summed E-state index contributed by atoms with van der Waals surface area (Å²) in [5.41, 5.74) is -0.834. The lowest BCUT2D eigenvalue weighted by Gasteiger charge is -2.58. The summed E-state index contributed by atoms with van der Waals surface area (Å²) in [5.74, 6) is 3.01. The van der Waals surface area contributed by atoms with Gasteiger partial charge in [0.2, 0.25) is 0 Å². The van der Waals surface area contributed by atoms with Gasteiger partial charge in [-0.2, -0.15) is 0 Å². The van der Waals surface area contributed by atoms with Gasteiger partial charge in [-0.3, -0.25) is 4.79 Å². The first-order valence-corrected chi connectivity index (χ1v) is 10.5. The number of fused-ring (bicyclic) bond motifs is 5. The molecule has 9 atom stereocenters. The molecule has 3 fully saturated rings. The first-order chi connectivity index (χ1) is 13.1. The van der Waals surface area contributed by atoms with Crippen LogP contribution in [-0.4, -0.2) is 45.2 Å². The van der Waals surface area contributed by atoms with Gasteiger partial charge in [0.25, 0.3) is 0 Å². The molecule has 0 aliphatic heterocycles. The number of aliphatic hydroxyl groups is 3. The van der Waals surface area contributed by atoms with Crippen LogP contribution in [0.1, 0.15) is 59.3 Å². The van der Waals surface area contributed by atoms with Crippen LogP contribution in [0.3, 0.4) is 0 Å². The van der Waals surface area contributed by atoms with E-state index in [1.165, 1.54) is 12.5 Å². The topological polar surface area (TPSA) is 87.0 Å². The molecular formula is C23H32O5. The molecule has 3 saturated carbocycles. The first kappa shape index (κ1) is 19.9. The Hall–Kier alpha value is -1.35. The number of allylic oxidation sites excluding steroid dienone is 1. The molecule has 4 aliphatic carbocycles. The van der Waals surface area contributed by atoms with Gasteiger partial charge < -0.3 is 20.1 Å². The van der Waals surface area contributed by atoms with E-state index in [2.05, 4.69) is 18.9 Å². The van der Waals surface area contributed by atoms with Gasteiger partial charge in [-0.25, -0.2) is 0 Å². The third-order valence-electron chi connectivity index (χ3n) is 8.87. The van der Waals surface area contributed by atoms with Crippen molar-refractivity contribution in [1.82, 2.24) is 0 Å². The lowest BCUT2D eigenvalue weighted by Crippen LogP contribution is -2.57. The van der Waals surface area contributed by atoms with E-state index in [1.54, 1.807) is 0 Å². The summed E-state index contributed by atoms with van der Waals surface area (Å²) >= 11 is 0. The Morgan fingerprint density at radius 3 is 2.68 bits per heavy atom. The molecule has 0 spiro atoms. The van der Waals surface area contributed by atoms with Crippen LogP contribution in [0.4, 0.5) is 0 Å². The third-order valence-corrected chi connectivity index (χ3v) is 8.87. The van der Waals surface area contributed by atoms with Crippen molar-refractivity contribution in [3.63, 3.8) is 0 Å². The second-order valence-corrected chi connectivity index (χ2v) is 10.0. The summed E-state index contributed by atoms with van der Waals surface area (Å²) in [6, 6.07) is 0. The Bertz CT molecular complexity index is 753. The van der Waals surface area contributed by atoms with E-state index < -0.39 is 29.3 Å². The largest absolute Gasteiger partial charge is 0.459 e. The van der Waals surface area contributed by atoms with Crippen LogP contribution in [0, 0.1) is 40.9 Å². The minimum Gasteiger partial charge on any atom is -0.459 e. The second kappa shape index (κ2) is 6.32. The Morgan fingerprint density at radius 2 is 2.04 bits per heavy atom. The molecule has 0 aromatic carbocycles. The van der Waals surface area contributed by atoms with E-state index in [1.807, 2.05) is 6.92 Å². The Labute approximate surface area is 167 Å². The molecule has 0 amide bonds. The molecule has 5 heteroatoms. The van der Waals surface area contributed by atoms with E-state index in [-0.39, 0.29) is 17.3 Å². The van der Waals surface area contributed by atoms with Crippen LogP contribution in [0.2, 0.25) is 0 Å². The quantitative estimate of drug-likeness (QED) is 0.364. The average Bonchev–Trinajstić information content (AvgIpc) is 2.83. The van der Waals surface area contributed by atoms with E-state index in [0.717, 1.165) is 19.3 Å². The van der Waals surface area contributed by atoms with Gasteiger partial charge in [0.15, 0.2) is 5.60 Å². The van der Waals surface area contributed by atoms with Crippen molar-refractivity contribution in [2.75, 3.05) is 0 Å². The molecule has 0 aromatic heterocycles. The number of carbonyl (C=O) groups excluding carboxylic acids is 1. The maximum absolute atomic E-state index is 11.4. The standard InChI is InChI=1S/C23H32O5/c1-5-23(27)20(26)11-17-15-7-6-14-10-19(28-13(2)24)18(25)12-21(14,3)16(15)8-9-22(17,23)4/h1,6,15-20,25-27H,7-12H2,2-4H3/t15-,16+,17+,18-,19-,20-,21+,22+,23+/m1/s1. The van der Waals surface area contributed by atoms with Crippen LogP contribution < -0.4 is 0 Å². The maximum Gasteiger partial charge on any atom is 0.303 e. The minimum absolute atomic E-state index is 0.151. The lowest BCUT2D eigenvalue weighted by atomic mass is 9.46. The average molecular weight is 389 g/mol. The monoisotopic (exact) mass is 388 g/mol. The van der Waals surface area contributed by atoms with Crippen molar-refractivity contribution in [3.8, 4) is 12.3 Å². The molecule has 3 N–H and O–H groups in total. The van der Waals surface area contributed by atoms with Crippen molar-refractivity contribution in [1.29, 1.82) is 0 Å². The summed E-state index contributed by atoms with van der Waals surface area (Å²) in [6.45, 7) is 5.65. The molecule has 0 unspecified atom stereocenters. The molecule has 0 radical (unpaired) electrons. The van der Waals surface area contributed by atoms with E-state index in [0.29, 0.717) is 31.1 Å². The van der Waals surface area contributed by atoms with Crippen molar-refractivity contribution in [2.24, 2.45) is 28.6 Å². The van der Waals surface area contributed by atoms with Gasteiger partial charge in [0.05, 0.1) is 12.2 Å². The number of hydrogen-bond donors (Lipinski definition) is 3. The van der Waals surface area contributed by atoms with E-state index in [9.17, 15) is 20.1 Å². The number of rotatable bonds is 1. The minimum atomic E-state index is -1.47. The molecule has 4 aliphatic rings. The van der Waals surface area contributed by atoms with Crippen molar-refractivity contribution in [2.45, 2.75) is 83.2 Å². The summed E-state index contributed by atoms with van der Waals surface area (Å²) < 4.78 is 5.36. The fourth-order valence-corrected chi connectivity index (χ4v) is 7.29. The van der Waals surface area contributed by atoms with Crippen molar-refractivity contribution in [3.05, 3.63) is 11.6 Å². The molecule has 154 valence electrons. The number of ether oxygens (including phenoxy) is 1. The van der Waals surface area contributed by atoms with Crippen LogP contribution in [0.5, 0.6) is 0 Å². The molecule has 0 saturated heterocycles. The second-order valence-electron chi connectivity index (χ2n) is 10.0. The van der Waals surface area contributed by atoms with Gasteiger partial charge in [-0.15, -0.1) is 6.42 Å². The summed E-state index contributed by atoms with van der Waals surface area (Å²) in [6.07, 6.45) is 10.1. The number of terminal acetylenes is 1. The predicted octanol–water partition coefficient (Wildman–Crippen LogP) is 2.19. The summed E-state index contributed by atoms with van der Waals surface area (Å²) in [4.78, 5) is 11.4. The molecule has 0 heterocycles. The highest BCUT2D eigenvalue weighted by molar-refractivity contribution is 5.66. The molecule has 4 rings (SSSR count). The van der Waals surface area contributed by atoms with Gasteiger partial charge in [-0.1, -0.05) is 31.4 Å². The number of carbonyl (C=O) groups is 1. The zero-order chi connectivity index (χ0) is 20.5. The van der Waals surface area contributed by atoms with Crippen LogP contribution in [0.15, 0.2) is 11.6 Å². The van der Waals surface area contributed by atoms with Gasteiger partial charge in [0.1, 0.15) is 6.10 Å². The highest BCUT2D eigenvalue weighted by Gasteiger charge is 2.67. The Kier molecular flexibility index (Phi) is 4.50. The molecule has 5 nitrogen and oxygen atoms in total. The fraction of sp³-hybridized carbons (Fsp3) is 0.783. The van der Waals surface area contributed by atoms with Gasteiger partial charge in [-0.05, 0) is 55.3 Å².